The molecule has 0 aliphatic heterocycles. The average Bonchev–Trinajstić information content (AvgIpc) is 2.40. The number of rotatable bonds is 5. The number of hydrogen-bond donors (Lipinski definition) is 4. The monoisotopic (exact) mass is 270 g/mol. The third-order valence-electron chi connectivity index (χ3n) is 2.86. The number of hydrogen-bond acceptors (Lipinski definition) is 6. The molecule has 6 heteroatoms. The molecule has 0 radical (unpaired) electrons. The second-order valence-electron chi connectivity index (χ2n) is 4.20. The van der Waals surface area contributed by atoms with Crippen LogP contribution < -0.4 is 0 Å². The highest BCUT2D eigenvalue weighted by Gasteiger charge is 2.26. The summed E-state index contributed by atoms with van der Waals surface area (Å²) in [6, 6.07) is 0.964. The molecular formula is C13H18O6. The van der Waals surface area contributed by atoms with E-state index >= 15 is 0 Å². The normalized spacial score (nSPS) is 12.2. The van der Waals surface area contributed by atoms with Gasteiger partial charge in [0.25, 0.3) is 0 Å². The molecule has 106 valence electrons. The van der Waals surface area contributed by atoms with Gasteiger partial charge in [-0.2, -0.15) is 0 Å². The van der Waals surface area contributed by atoms with Crippen LogP contribution in [0.5, 0.6) is 17.2 Å². The smallest absolute Gasteiger partial charge is 0.338 e. The number of ether oxygens (including phenoxy) is 1. The molecule has 19 heavy (non-hydrogen) atoms. The van der Waals surface area contributed by atoms with Crippen molar-refractivity contribution >= 4 is 5.97 Å². The van der Waals surface area contributed by atoms with Gasteiger partial charge >= 0.3 is 5.97 Å². The molecule has 0 amide bonds. The Labute approximate surface area is 110 Å². The maximum Gasteiger partial charge on any atom is 0.338 e. The molecular weight excluding hydrogens is 252 g/mol. The second-order valence-corrected chi connectivity index (χ2v) is 4.20. The number of aliphatic hydroxyl groups excluding tert-OH is 1. The van der Waals surface area contributed by atoms with Gasteiger partial charge in [0.05, 0.1) is 18.8 Å². The van der Waals surface area contributed by atoms with Crippen LogP contribution >= 0.6 is 0 Å². The fourth-order valence-electron chi connectivity index (χ4n) is 1.82. The van der Waals surface area contributed by atoms with Crippen LogP contribution in [0.3, 0.4) is 0 Å². The Kier molecular flexibility index (Phi) is 5.00. The van der Waals surface area contributed by atoms with E-state index in [0.717, 1.165) is 19.6 Å². The Morgan fingerprint density at radius 1 is 1.32 bits per heavy atom. The van der Waals surface area contributed by atoms with Gasteiger partial charge in [-0.25, -0.2) is 4.79 Å². The summed E-state index contributed by atoms with van der Waals surface area (Å²) in [6.07, 6.45) is 0.705. The van der Waals surface area contributed by atoms with Crippen LogP contribution in [0.4, 0.5) is 0 Å². The first-order chi connectivity index (χ1) is 8.93. The fourth-order valence-corrected chi connectivity index (χ4v) is 1.82. The lowest BCUT2D eigenvalue weighted by Gasteiger charge is -2.17. The largest absolute Gasteiger partial charge is 0.504 e. The van der Waals surface area contributed by atoms with Crippen LogP contribution in [0.1, 0.15) is 48.2 Å². The molecule has 0 aliphatic carbocycles. The summed E-state index contributed by atoms with van der Waals surface area (Å²) >= 11 is 0. The maximum absolute atomic E-state index is 11.6. The molecule has 4 N–H and O–H groups in total. The molecule has 0 saturated heterocycles. The van der Waals surface area contributed by atoms with Gasteiger partial charge in [0.1, 0.15) is 0 Å². The summed E-state index contributed by atoms with van der Waals surface area (Å²) in [4.78, 5) is 11.6. The summed E-state index contributed by atoms with van der Waals surface area (Å²) in [5, 5.41) is 38.7. The SMILES string of the molecule is CCCCC(O)c1c(C(=O)OC)cc(O)c(O)c1O. The zero-order valence-corrected chi connectivity index (χ0v) is 10.9. The molecule has 1 unspecified atom stereocenters. The number of aromatic hydroxyl groups is 3. The van der Waals surface area contributed by atoms with Crippen molar-refractivity contribution < 1.29 is 30.0 Å². The molecule has 1 atom stereocenters. The van der Waals surface area contributed by atoms with E-state index < -0.39 is 29.3 Å². The van der Waals surface area contributed by atoms with E-state index in [9.17, 15) is 25.2 Å². The number of phenolic OH excluding ortho intramolecular Hbond substituents is 3. The molecule has 1 aromatic rings. The zero-order valence-electron chi connectivity index (χ0n) is 10.9. The minimum Gasteiger partial charge on any atom is -0.504 e. The van der Waals surface area contributed by atoms with Gasteiger partial charge in [0, 0.05) is 5.56 Å². The first-order valence-corrected chi connectivity index (χ1v) is 5.98. The van der Waals surface area contributed by atoms with E-state index in [4.69, 9.17) is 0 Å². The number of aliphatic hydroxyl groups is 1. The van der Waals surface area contributed by atoms with Crippen molar-refractivity contribution in [1.29, 1.82) is 0 Å². The van der Waals surface area contributed by atoms with Crippen LogP contribution in [0.25, 0.3) is 0 Å². The number of unbranched alkanes of at least 4 members (excludes halogenated alkanes) is 1. The van der Waals surface area contributed by atoms with Gasteiger partial charge in [-0.15, -0.1) is 0 Å². The minimum absolute atomic E-state index is 0.129. The number of esters is 1. The predicted octanol–water partition coefficient (Wildman–Crippen LogP) is 1.81. The summed E-state index contributed by atoms with van der Waals surface area (Å²) in [5.41, 5.74) is -0.297. The first kappa shape index (κ1) is 15.1. The lowest BCUT2D eigenvalue weighted by molar-refractivity contribution is 0.0590. The lowest BCUT2D eigenvalue weighted by Crippen LogP contribution is -2.10. The Bertz CT molecular complexity index is 469. The van der Waals surface area contributed by atoms with Crippen LogP contribution in [0.2, 0.25) is 0 Å². The van der Waals surface area contributed by atoms with E-state index in [-0.39, 0.29) is 11.1 Å². The highest BCUT2D eigenvalue weighted by atomic mass is 16.5. The Balaban J connectivity index is 3.33. The van der Waals surface area contributed by atoms with Crippen molar-refractivity contribution in [1.82, 2.24) is 0 Å². The highest BCUT2D eigenvalue weighted by Crippen LogP contribution is 2.43. The fraction of sp³-hybridized carbons (Fsp3) is 0.462. The predicted molar refractivity (Wildman–Crippen MR) is 67.3 cm³/mol. The summed E-state index contributed by atoms with van der Waals surface area (Å²) in [5.74, 6) is -2.93. The van der Waals surface area contributed by atoms with Crippen LogP contribution in [-0.2, 0) is 4.74 Å². The molecule has 0 spiro atoms. The van der Waals surface area contributed by atoms with Crippen molar-refractivity contribution in [2.45, 2.75) is 32.3 Å². The van der Waals surface area contributed by atoms with Crippen molar-refractivity contribution in [2.75, 3.05) is 7.11 Å². The van der Waals surface area contributed by atoms with Crippen molar-refractivity contribution in [2.24, 2.45) is 0 Å². The average molecular weight is 270 g/mol. The Hall–Kier alpha value is -1.95. The number of benzene rings is 1. The number of carbonyl (C=O) groups excluding carboxylic acids is 1. The molecule has 6 nitrogen and oxygen atoms in total. The standard InChI is InChI=1S/C13H18O6/c1-3-4-5-8(14)10-7(13(18)19-2)6-9(15)11(16)12(10)17/h6,8,14-17H,3-5H2,1-2H3. The van der Waals surface area contributed by atoms with E-state index in [0.29, 0.717) is 12.8 Å². The van der Waals surface area contributed by atoms with Gasteiger partial charge in [0.2, 0.25) is 5.75 Å². The van der Waals surface area contributed by atoms with Gasteiger partial charge < -0.3 is 25.2 Å². The molecule has 0 saturated carbocycles. The van der Waals surface area contributed by atoms with E-state index in [1.807, 2.05) is 6.92 Å². The zero-order chi connectivity index (χ0) is 14.6. The number of carbonyl (C=O) groups is 1. The third-order valence-corrected chi connectivity index (χ3v) is 2.86. The van der Waals surface area contributed by atoms with Gasteiger partial charge in [-0.05, 0) is 12.5 Å². The second kappa shape index (κ2) is 6.29. The van der Waals surface area contributed by atoms with E-state index in [1.165, 1.54) is 0 Å². The van der Waals surface area contributed by atoms with Gasteiger partial charge in [0.15, 0.2) is 11.5 Å². The number of phenols is 3. The molecule has 0 heterocycles. The van der Waals surface area contributed by atoms with Crippen molar-refractivity contribution in [3.63, 3.8) is 0 Å². The quantitative estimate of drug-likeness (QED) is 0.480. The highest BCUT2D eigenvalue weighted by molar-refractivity contribution is 5.93. The van der Waals surface area contributed by atoms with E-state index in [1.54, 1.807) is 0 Å². The third kappa shape index (κ3) is 3.08. The molecule has 0 aromatic heterocycles. The van der Waals surface area contributed by atoms with E-state index in [2.05, 4.69) is 4.74 Å². The molecule has 0 bridgehead atoms. The lowest BCUT2D eigenvalue weighted by atomic mass is 9.96. The Morgan fingerprint density at radius 3 is 2.47 bits per heavy atom. The molecule has 1 rings (SSSR count). The minimum atomic E-state index is -1.12. The Morgan fingerprint density at radius 2 is 1.95 bits per heavy atom. The van der Waals surface area contributed by atoms with Gasteiger partial charge in [-0.1, -0.05) is 19.8 Å². The molecule has 0 fully saturated rings. The summed E-state index contributed by atoms with van der Waals surface area (Å²) in [6.45, 7) is 1.93. The first-order valence-electron chi connectivity index (χ1n) is 5.98. The molecule has 1 aromatic carbocycles. The summed E-state index contributed by atoms with van der Waals surface area (Å²) < 4.78 is 4.53. The summed E-state index contributed by atoms with van der Waals surface area (Å²) in [7, 11) is 1.14. The number of methoxy groups -OCH3 is 1. The van der Waals surface area contributed by atoms with Crippen molar-refractivity contribution in [3.05, 3.63) is 17.2 Å². The van der Waals surface area contributed by atoms with Crippen LogP contribution in [0.15, 0.2) is 6.07 Å². The van der Waals surface area contributed by atoms with Crippen LogP contribution in [-0.4, -0.2) is 33.5 Å². The van der Waals surface area contributed by atoms with Gasteiger partial charge in [-0.3, -0.25) is 0 Å². The van der Waals surface area contributed by atoms with Crippen molar-refractivity contribution in [3.8, 4) is 17.2 Å². The van der Waals surface area contributed by atoms with Crippen LogP contribution in [0, 0.1) is 0 Å². The topological polar surface area (TPSA) is 107 Å². The maximum atomic E-state index is 11.6. The molecule has 0 aliphatic rings.